The largest absolute Gasteiger partial charge is 0.334 e. The highest BCUT2D eigenvalue weighted by Crippen LogP contribution is 2.45. The van der Waals surface area contributed by atoms with Crippen molar-refractivity contribution in [2.24, 2.45) is 0 Å². The van der Waals surface area contributed by atoms with Crippen molar-refractivity contribution in [1.82, 2.24) is 15.3 Å². The smallest absolute Gasteiger partial charge is 0.225 e. The van der Waals surface area contributed by atoms with Gasteiger partial charge in [-0.25, -0.2) is 9.97 Å². The van der Waals surface area contributed by atoms with E-state index in [0.717, 1.165) is 25.6 Å². The molecule has 0 saturated carbocycles. The Bertz CT molecular complexity index is 988. The zero-order chi connectivity index (χ0) is 20.9. The number of aromatic nitrogens is 2. The Balaban J connectivity index is 1.81. The molecule has 1 fully saturated rings. The second-order valence-electron chi connectivity index (χ2n) is 7.87. The second-order valence-corrected chi connectivity index (χ2v) is 7.87. The van der Waals surface area contributed by atoms with Crippen LogP contribution in [0.15, 0.2) is 109 Å². The topological polar surface area (TPSA) is 41.0 Å². The average Bonchev–Trinajstić information content (AvgIpc) is 2.87. The van der Waals surface area contributed by atoms with Crippen LogP contribution in [0.25, 0.3) is 0 Å². The molecule has 1 unspecified atom stereocenters. The molecule has 1 atom stereocenters. The SMILES string of the molecule is c1ccc(C(c2ccccc2)(c2ccccc2)C2CNCCN2c2ncccn2)cc1. The van der Waals surface area contributed by atoms with Crippen LogP contribution in [0.4, 0.5) is 5.95 Å². The van der Waals surface area contributed by atoms with Crippen molar-refractivity contribution in [3.63, 3.8) is 0 Å². The third-order valence-corrected chi connectivity index (χ3v) is 6.24. The van der Waals surface area contributed by atoms with E-state index >= 15 is 0 Å². The van der Waals surface area contributed by atoms with Crippen molar-refractivity contribution >= 4 is 5.95 Å². The summed E-state index contributed by atoms with van der Waals surface area (Å²) in [5.41, 5.74) is 3.40. The fourth-order valence-electron chi connectivity index (χ4n) is 4.95. The summed E-state index contributed by atoms with van der Waals surface area (Å²) in [4.78, 5) is 11.6. The molecule has 154 valence electrons. The molecule has 3 aromatic carbocycles. The molecule has 2 heterocycles. The minimum atomic E-state index is -0.392. The first-order valence-electron chi connectivity index (χ1n) is 10.8. The molecule has 4 heteroatoms. The molecule has 0 aliphatic carbocycles. The van der Waals surface area contributed by atoms with Crippen LogP contribution in [0.1, 0.15) is 16.7 Å². The van der Waals surface area contributed by atoms with Gasteiger partial charge in [0.1, 0.15) is 0 Å². The lowest BCUT2D eigenvalue weighted by Gasteiger charge is -2.49. The molecule has 5 rings (SSSR count). The molecular formula is C27H26N4. The molecule has 0 bridgehead atoms. The lowest BCUT2D eigenvalue weighted by atomic mass is 9.63. The zero-order valence-corrected chi connectivity index (χ0v) is 17.4. The number of hydrogen-bond acceptors (Lipinski definition) is 4. The molecular weight excluding hydrogens is 380 g/mol. The zero-order valence-electron chi connectivity index (χ0n) is 17.4. The summed E-state index contributed by atoms with van der Waals surface area (Å²) >= 11 is 0. The van der Waals surface area contributed by atoms with Gasteiger partial charge < -0.3 is 10.2 Å². The van der Waals surface area contributed by atoms with E-state index in [4.69, 9.17) is 0 Å². The van der Waals surface area contributed by atoms with E-state index in [1.54, 1.807) is 0 Å². The van der Waals surface area contributed by atoms with Crippen molar-refractivity contribution in [3.05, 3.63) is 126 Å². The monoisotopic (exact) mass is 406 g/mol. The fraction of sp³-hybridized carbons (Fsp3) is 0.185. The Kier molecular flexibility index (Phi) is 5.46. The summed E-state index contributed by atoms with van der Waals surface area (Å²) in [6.07, 6.45) is 3.66. The van der Waals surface area contributed by atoms with Gasteiger partial charge in [0, 0.05) is 32.0 Å². The van der Waals surface area contributed by atoms with Crippen LogP contribution >= 0.6 is 0 Å². The van der Waals surface area contributed by atoms with Gasteiger partial charge in [0.05, 0.1) is 11.5 Å². The number of nitrogens with zero attached hydrogens (tertiary/aromatic N) is 3. The minimum Gasteiger partial charge on any atom is -0.334 e. The highest BCUT2D eigenvalue weighted by atomic mass is 15.3. The molecule has 1 saturated heterocycles. The number of benzene rings is 3. The van der Waals surface area contributed by atoms with Gasteiger partial charge in [-0.15, -0.1) is 0 Å². The first-order chi connectivity index (χ1) is 15.4. The Morgan fingerprint density at radius 3 is 1.65 bits per heavy atom. The lowest BCUT2D eigenvalue weighted by molar-refractivity contribution is 0.375. The van der Waals surface area contributed by atoms with Gasteiger partial charge in [-0.2, -0.15) is 0 Å². The van der Waals surface area contributed by atoms with Crippen LogP contribution in [0.3, 0.4) is 0 Å². The Labute approximate surface area is 183 Å². The summed E-state index contributed by atoms with van der Waals surface area (Å²) in [6.45, 7) is 2.59. The first-order valence-corrected chi connectivity index (χ1v) is 10.8. The normalized spacial score (nSPS) is 16.8. The second kappa shape index (κ2) is 8.70. The summed E-state index contributed by atoms with van der Waals surface area (Å²) in [6, 6.07) is 34.5. The molecule has 1 aromatic heterocycles. The molecule has 4 aromatic rings. The number of nitrogens with one attached hydrogen (secondary N) is 1. The van der Waals surface area contributed by atoms with Crippen molar-refractivity contribution in [2.75, 3.05) is 24.5 Å². The molecule has 0 radical (unpaired) electrons. The average molecular weight is 407 g/mol. The quantitative estimate of drug-likeness (QED) is 0.502. The minimum absolute atomic E-state index is 0.0934. The summed E-state index contributed by atoms with van der Waals surface area (Å²) in [5, 5.41) is 3.65. The van der Waals surface area contributed by atoms with Crippen molar-refractivity contribution < 1.29 is 0 Å². The van der Waals surface area contributed by atoms with Gasteiger partial charge in [-0.1, -0.05) is 91.0 Å². The number of rotatable bonds is 5. The predicted octanol–water partition coefficient (Wildman–Crippen LogP) is 4.29. The van der Waals surface area contributed by atoms with Gasteiger partial charge in [0.2, 0.25) is 5.95 Å². The van der Waals surface area contributed by atoms with Gasteiger partial charge in [0.15, 0.2) is 0 Å². The van der Waals surface area contributed by atoms with E-state index < -0.39 is 5.41 Å². The van der Waals surface area contributed by atoms with E-state index in [2.05, 4.69) is 111 Å². The fourth-order valence-corrected chi connectivity index (χ4v) is 4.95. The number of piperazine rings is 1. The first kappa shape index (κ1) is 19.5. The van der Waals surface area contributed by atoms with Crippen molar-refractivity contribution in [3.8, 4) is 0 Å². The predicted molar refractivity (Wildman–Crippen MR) is 125 cm³/mol. The van der Waals surface area contributed by atoms with Gasteiger partial charge in [0.25, 0.3) is 0 Å². The van der Waals surface area contributed by atoms with Gasteiger partial charge >= 0.3 is 0 Å². The summed E-state index contributed by atoms with van der Waals surface area (Å²) in [7, 11) is 0. The van der Waals surface area contributed by atoms with Crippen molar-refractivity contribution in [1.29, 1.82) is 0 Å². The Morgan fingerprint density at radius 2 is 1.16 bits per heavy atom. The van der Waals surface area contributed by atoms with Crippen LogP contribution in [-0.4, -0.2) is 35.6 Å². The summed E-state index contributed by atoms with van der Waals surface area (Å²) < 4.78 is 0. The molecule has 31 heavy (non-hydrogen) atoms. The summed E-state index contributed by atoms with van der Waals surface area (Å²) in [5.74, 6) is 0.779. The maximum absolute atomic E-state index is 4.63. The maximum atomic E-state index is 4.63. The molecule has 1 N–H and O–H groups in total. The van der Waals surface area contributed by atoms with E-state index in [0.29, 0.717) is 0 Å². The van der Waals surface area contributed by atoms with Crippen LogP contribution in [0.2, 0.25) is 0 Å². The van der Waals surface area contributed by atoms with E-state index in [9.17, 15) is 0 Å². The van der Waals surface area contributed by atoms with Crippen LogP contribution < -0.4 is 10.2 Å². The molecule has 0 amide bonds. The molecule has 1 aliphatic heterocycles. The van der Waals surface area contributed by atoms with E-state index in [-0.39, 0.29) is 6.04 Å². The van der Waals surface area contributed by atoms with E-state index in [1.165, 1.54) is 16.7 Å². The van der Waals surface area contributed by atoms with Crippen molar-refractivity contribution in [2.45, 2.75) is 11.5 Å². The third-order valence-electron chi connectivity index (χ3n) is 6.24. The Hall–Kier alpha value is -3.50. The molecule has 1 aliphatic rings. The third kappa shape index (κ3) is 3.49. The highest BCUT2D eigenvalue weighted by molar-refractivity contribution is 5.56. The van der Waals surface area contributed by atoms with Crippen LogP contribution in [0.5, 0.6) is 0 Å². The van der Waals surface area contributed by atoms with Gasteiger partial charge in [-0.3, -0.25) is 0 Å². The standard InChI is InChI=1S/C27H26N4/c1-4-11-22(12-5-1)27(23-13-6-2-7-14-23,24-15-8-3-9-16-24)25-21-28-19-20-31(25)26-29-17-10-18-30-26/h1-18,25,28H,19-21H2. The van der Waals surface area contributed by atoms with Gasteiger partial charge in [-0.05, 0) is 22.8 Å². The maximum Gasteiger partial charge on any atom is 0.225 e. The van der Waals surface area contributed by atoms with Crippen LogP contribution in [0, 0.1) is 0 Å². The number of anilines is 1. The highest BCUT2D eigenvalue weighted by Gasteiger charge is 2.47. The van der Waals surface area contributed by atoms with Crippen LogP contribution in [-0.2, 0) is 5.41 Å². The molecule has 0 spiro atoms. The Morgan fingerprint density at radius 1 is 0.677 bits per heavy atom. The molecule has 4 nitrogen and oxygen atoms in total. The lowest BCUT2D eigenvalue weighted by Crippen LogP contribution is -2.62. The van der Waals surface area contributed by atoms with E-state index in [1.807, 2.05) is 18.5 Å². The number of hydrogen-bond donors (Lipinski definition) is 1.